The Morgan fingerprint density at radius 2 is 1.85 bits per heavy atom. The molecule has 0 bridgehead atoms. The summed E-state index contributed by atoms with van der Waals surface area (Å²) in [6.45, 7) is 7.82. The Bertz CT molecular complexity index is 403. The molecule has 1 heterocycles. The van der Waals surface area contributed by atoms with Gasteiger partial charge in [-0.15, -0.1) is 0 Å². The van der Waals surface area contributed by atoms with Gasteiger partial charge < -0.3 is 10.4 Å². The summed E-state index contributed by atoms with van der Waals surface area (Å²) < 4.78 is 0. The van der Waals surface area contributed by atoms with E-state index in [0.29, 0.717) is 6.54 Å². The minimum absolute atomic E-state index is 0.00153. The molecule has 1 amide bonds. The van der Waals surface area contributed by atoms with E-state index in [9.17, 15) is 9.90 Å². The largest absolute Gasteiger partial charge is 0.393 e. The maximum atomic E-state index is 12.1. The Balaban J connectivity index is 2.56. The topological polar surface area (TPSA) is 52.6 Å². The van der Waals surface area contributed by atoms with E-state index in [4.69, 9.17) is 0 Å². The van der Waals surface area contributed by atoms with Gasteiger partial charge >= 0.3 is 0 Å². The molecule has 4 heteroatoms. The van der Waals surface area contributed by atoms with Gasteiger partial charge in [0.1, 0.15) is 0 Å². The summed E-state index contributed by atoms with van der Waals surface area (Å²) in [6.07, 6.45) is 9.06. The van der Waals surface area contributed by atoms with Gasteiger partial charge in [-0.25, -0.2) is 0 Å². The maximum Gasteiger partial charge on any atom is 0.238 e. The molecular weight excluding hydrogens is 252 g/mol. The third-order valence-corrected chi connectivity index (χ3v) is 3.37. The van der Waals surface area contributed by atoms with Gasteiger partial charge in [-0.2, -0.15) is 0 Å². The van der Waals surface area contributed by atoms with E-state index in [1.807, 2.05) is 45.1 Å². The van der Waals surface area contributed by atoms with Crippen LogP contribution in [0.4, 0.5) is 0 Å². The van der Waals surface area contributed by atoms with Crippen LogP contribution in [0.1, 0.15) is 33.6 Å². The number of aliphatic hydroxyl groups excluding tert-OH is 1. The summed E-state index contributed by atoms with van der Waals surface area (Å²) in [6, 6.07) is 0. The maximum absolute atomic E-state index is 12.1. The predicted molar refractivity (Wildman–Crippen MR) is 82.2 cm³/mol. The molecule has 0 aliphatic carbocycles. The standard InChI is InChI=1S/C16H26N2O2/c1-4-6-13(3)15(7-5-2)17-16(20)12-18-10-8-14(19)9-11-18/h4-7,14,19H,8-12H2,1-3H3,(H,17,20). The molecule has 2 N–H and O–H groups in total. The number of carbonyl (C=O) groups is 1. The Kier molecular flexibility index (Phi) is 7.26. The van der Waals surface area contributed by atoms with Crippen molar-refractivity contribution in [2.75, 3.05) is 19.6 Å². The molecule has 0 aromatic rings. The first kappa shape index (κ1) is 16.7. The van der Waals surface area contributed by atoms with E-state index in [-0.39, 0.29) is 12.0 Å². The number of carbonyl (C=O) groups excluding carboxylic acids is 1. The van der Waals surface area contributed by atoms with E-state index in [0.717, 1.165) is 37.2 Å². The second kappa shape index (κ2) is 8.72. The molecule has 0 atom stereocenters. The molecular formula is C16H26N2O2. The summed E-state index contributed by atoms with van der Waals surface area (Å²) in [5, 5.41) is 12.4. The van der Waals surface area contributed by atoms with Gasteiger partial charge in [0.2, 0.25) is 5.91 Å². The lowest BCUT2D eigenvalue weighted by molar-refractivity contribution is -0.122. The molecule has 1 fully saturated rings. The Labute approximate surface area is 121 Å². The van der Waals surface area contributed by atoms with Gasteiger partial charge in [-0.1, -0.05) is 18.2 Å². The number of nitrogens with zero attached hydrogens (tertiary/aromatic N) is 1. The average molecular weight is 278 g/mol. The zero-order valence-corrected chi connectivity index (χ0v) is 12.7. The van der Waals surface area contributed by atoms with Crippen molar-refractivity contribution in [1.29, 1.82) is 0 Å². The zero-order valence-electron chi connectivity index (χ0n) is 12.7. The van der Waals surface area contributed by atoms with Crippen molar-refractivity contribution in [3.05, 3.63) is 35.6 Å². The molecule has 1 aliphatic rings. The summed E-state index contributed by atoms with van der Waals surface area (Å²) in [7, 11) is 0. The van der Waals surface area contributed by atoms with E-state index < -0.39 is 0 Å². The molecule has 0 spiro atoms. The normalized spacial score (nSPS) is 19.6. The number of hydrogen-bond acceptors (Lipinski definition) is 3. The van der Waals surface area contributed by atoms with Gasteiger partial charge in [0, 0.05) is 18.8 Å². The van der Waals surface area contributed by atoms with Gasteiger partial charge in [0.05, 0.1) is 12.6 Å². The van der Waals surface area contributed by atoms with Crippen molar-refractivity contribution in [2.45, 2.75) is 39.7 Å². The molecule has 20 heavy (non-hydrogen) atoms. The summed E-state index contributed by atoms with van der Waals surface area (Å²) >= 11 is 0. The van der Waals surface area contributed by atoms with Crippen LogP contribution in [0.3, 0.4) is 0 Å². The van der Waals surface area contributed by atoms with Crippen LogP contribution < -0.4 is 5.32 Å². The van der Waals surface area contributed by atoms with Crippen molar-refractivity contribution >= 4 is 5.91 Å². The van der Waals surface area contributed by atoms with Crippen LogP contribution in [0, 0.1) is 0 Å². The number of aliphatic hydroxyl groups is 1. The van der Waals surface area contributed by atoms with Crippen molar-refractivity contribution in [3.8, 4) is 0 Å². The second-order valence-electron chi connectivity index (χ2n) is 5.15. The monoisotopic (exact) mass is 278 g/mol. The molecule has 1 saturated heterocycles. The number of allylic oxidation sites excluding steroid dienone is 5. The fourth-order valence-electron chi connectivity index (χ4n) is 2.25. The highest BCUT2D eigenvalue weighted by molar-refractivity contribution is 5.80. The molecule has 0 unspecified atom stereocenters. The summed E-state index contributed by atoms with van der Waals surface area (Å²) in [5.74, 6) is -0.00153. The SMILES string of the molecule is CC=CC(C)=C(C=CC)NC(=O)CN1CCC(O)CC1. The first-order valence-corrected chi connectivity index (χ1v) is 7.23. The lowest BCUT2D eigenvalue weighted by Crippen LogP contribution is -2.42. The van der Waals surface area contributed by atoms with Crippen LogP contribution in [0.2, 0.25) is 0 Å². The van der Waals surface area contributed by atoms with Gasteiger partial charge in [-0.3, -0.25) is 9.69 Å². The molecule has 0 saturated carbocycles. The zero-order chi connectivity index (χ0) is 15.0. The smallest absolute Gasteiger partial charge is 0.238 e. The first-order valence-electron chi connectivity index (χ1n) is 7.23. The van der Waals surface area contributed by atoms with Gasteiger partial charge in [0.25, 0.3) is 0 Å². The molecule has 0 radical (unpaired) electrons. The van der Waals surface area contributed by atoms with Crippen LogP contribution in [-0.2, 0) is 4.79 Å². The van der Waals surface area contributed by atoms with Crippen LogP contribution in [0.25, 0.3) is 0 Å². The highest BCUT2D eigenvalue weighted by atomic mass is 16.3. The van der Waals surface area contributed by atoms with Crippen molar-refractivity contribution in [1.82, 2.24) is 10.2 Å². The fourth-order valence-corrected chi connectivity index (χ4v) is 2.25. The Morgan fingerprint density at radius 1 is 1.25 bits per heavy atom. The Hall–Kier alpha value is -1.39. The van der Waals surface area contributed by atoms with Crippen molar-refractivity contribution in [2.24, 2.45) is 0 Å². The number of rotatable bonds is 5. The van der Waals surface area contributed by atoms with Crippen LogP contribution in [-0.4, -0.2) is 41.7 Å². The highest BCUT2D eigenvalue weighted by Crippen LogP contribution is 2.10. The highest BCUT2D eigenvalue weighted by Gasteiger charge is 2.19. The third kappa shape index (κ3) is 5.72. The number of hydrogen-bond donors (Lipinski definition) is 2. The van der Waals surface area contributed by atoms with Gasteiger partial charge in [0.15, 0.2) is 0 Å². The first-order chi connectivity index (χ1) is 9.56. The average Bonchev–Trinajstić information content (AvgIpc) is 2.41. The number of piperidine rings is 1. The van der Waals surface area contributed by atoms with E-state index >= 15 is 0 Å². The second-order valence-corrected chi connectivity index (χ2v) is 5.15. The van der Waals surface area contributed by atoms with Crippen molar-refractivity contribution < 1.29 is 9.90 Å². The van der Waals surface area contributed by atoms with Crippen LogP contribution >= 0.6 is 0 Å². The molecule has 112 valence electrons. The molecule has 1 aliphatic heterocycles. The van der Waals surface area contributed by atoms with Crippen molar-refractivity contribution in [3.63, 3.8) is 0 Å². The number of amides is 1. The Morgan fingerprint density at radius 3 is 2.40 bits per heavy atom. The molecule has 4 nitrogen and oxygen atoms in total. The van der Waals surface area contributed by atoms with E-state index in [2.05, 4.69) is 10.2 Å². The molecule has 1 rings (SSSR count). The lowest BCUT2D eigenvalue weighted by Gasteiger charge is -2.28. The van der Waals surface area contributed by atoms with E-state index in [1.165, 1.54) is 0 Å². The molecule has 0 aromatic carbocycles. The number of nitrogens with one attached hydrogen (secondary N) is 1. The summed E-state index contributed by atoms with van der Waals surface area (Å²) in [5.41, 5.74) is 1.88. The fraction of sp³-hybridized carbons (Fsp3) is 0.562. The number of likely N-dealkylation sites (tertiary alicyclic amines) is 1. The minimum Gasteiger partial charge on any atom is -0.393 e. The predicted octanol–water partition coefficient (Wildman–Crippen LogP) is 1.99. The summed E-state index contributed by atoms with van der Waals surface area (Å²) in [4.78, 5) is 14.2. The lowest BCUT2D eigenvalue weighted by atomic mass is 10.1. The van der Waals surface area contributed by atoms with Gasteiger partial charge in [-0.05, 0) is 45.3 Å². The van der Waals surface area contributed by atoms with Crippen LogP contribution in [0.15, 0.2) is 35.6 Å². The quantitative estimate of drug-likeness (QED) is 0.756. The molecule has 0 aromatic heterocycles. The third-order valence-electron chi connectivity index (χ3n) is 3.37. The minimum atomic E-state index is -0.204. The van der Waals surface area contributed by atoms with Crippen LogP contribution in [0.5, 0.6) is 0 Å². The van der Waals surface area contributed by atoms with E-state index in [1.54, 1.807) is 0 Å².